The Kier molecular flexibility index (Phi) is 5.58. The van der Waals surface area contributed by atoms with Gasteiger partial charge in [-0.25, -0.2) is 4.98 Å². The normalized spacial score (nSPS) is 10.7. The lowest BCUT2D eigenvalue weighted by atomic mass is 10.0. The molecule has 0 bridgehead atoms. The molecule has 134 valence electrons. The van der Waals surface area contributed by atoms with Crippen molar-refractivity contribution in [3.63, 3.8) is 0 Å². The van der Waals surface area contributed by atoms with Gasteiger partial charge >= 0.3 is 0 Å². The van der Waals surface area contributed by atoms with Crippen LogP contribution in [0.4, 0.5) is 23.1 Å². The minimum Gasteiger partial charge on any atom is -0.495 e. The summed E-state index contributed by atoms with van der Waals surface area (Å²) in [5, 5.41) is 7.06. The molecule has 0 fully saturated rings. The van der Waals surface area contributed by atoms with Crippen LogP contribution in [0.15, 0.2) is 54.7 Å². The van der Waals surface area contributed by atoms with E-state index in [1.807, 2.05) is 30.3 Å². The van der Waals surface area contributed by atoms with Crippen LogP contribution in [0.1, 0.15) is 25.3 Å². The molecular formula is C20H21ClN4O. The van der Waals surface area contributed by atoms with Gasteiger partial charge in [-0.15, -0.1) is 0 Å². The monoisotopic (exact) mass is 368 g/mol. The first-order valence-electron chi connectivity index (χ1n) is 8.36. The second-order valence-corrected chi connectivity index (χ2v) is 6.51. The maximum Gasteiger partial charge on any atom is 0.229 e. The second-order valence-electron chi connectivity index (χ2n) is 6.11. The average molecular weight is 369 g/mol. The molecule has 1 aromatic heterocycles. The van der Waals surface area contributed by atoms with E-state index >= 15 is 0 Å². The number of nitrogens with one attached hydrogen (secondary N) is 2. The van der Waals surface area contributed by atoms with Crippen LogP contribution < -0.4 is 15.4 Å². The second kappa shape index (κ2) is 8.06. The van der Waals surface area contributed by atoms with Crippen LogP contribution in [0.5, 0.6) is 5.75 Å². The zero-order valence-corrected chi connectivity index (χ0v) is 15.7. The van der Waals surface area contributed by atoms with Gasteiger partial charge in [0.05, 0.1) is 12.1 Å². The largest absolute Gasteiger partial charge is 0.495 e. The summed E-state index contributed by atoms with van der Waals surface area (Å²) in [5.41, 5.74) is 3.07. The quantitative estimate of drug-likeness (QED) is 0.580. The molecule has 0 amide bonds. The molecule has 0 saturated carbocycles. The number of hydrogen-bond acceptors (Lipinski definition) is 5. The van der Waals surface area contributed by atoms with Crippen molar-refractivity contribution in [3.8, 4) is 5.75 Å². The van der Waals surface area contributed by atoms with E-state index < -0.39 is 0 Å². The summed E-state index contributed by atoms with van der Waals surface area (Å²) >= 11 is 6.16. The molecule has 0 spiro atoms. The molecule has 6 heteroatoms. The van der Waals surface area contributed by atoms with E-state index in [1.165, 1.54) is 5.56 Å². The molecule has 26 heavy (non-hydrogen) atoms. The Balaban J connectivity index is 1.80. The van der Waals surface area contributed by atoms with Gasteiger partial charge in [0.2, 0.25) is 5.95 Å². The van der Waals surface area contributed by atoms with Crippen LogP contribution in [0.3, 0.4) is 0 Å². The van der Waals surface area contributed by atoms with E-state index in [0.29, 0.717) is 22.6 Å². The van der Waals surface area contributed by atoms with Gasteiger partial charge in [-0.2, -0.15) is 4.98 Å². The number of anilines is 4. The summed E-state index contributed by atoms with van der Waals surface area (Å²) in [5.74, 6) is 2.24. The highest BCUT2D eigenvalue weighted by Gasteiger charge is 2.08. The fourth-order valence-corrected chi connectivity index (χ4v) is 2.87. The van der Waals surface area contributed by atoms with Crippen LogP contribution in [-0.2, 0) is 0 Å². The highest BCUT2D eigenvalue weighted by molar-refractivity contribution is 6.32. The minimum atomic E-state index is 0.416. The minimum absolute atomic E-state index is 0.416. The molecule has 1 heterocycles. The summed E-state index contributed by atoms with van der Waals surface area (Å²) in [7, 11) is 1.58. The first-order valence-corrected chi connectivity index (χ1v) is 8.74. The lowest BCUT2D eigenvalue weighted by molar-refractivity contribution is 0.415. The number of para-hydroxylation sites is 1. The number of aromatic nitrogens is 2. The van der Waals surface area contributed by atoms with Gasteiger partial charge in [0.25, 0.3) is 0 Å². The fraction of sp³-hybridized carbons (Fsp3) is 0.200. The Labute approximate surface area is 158 Å². The number of benzene rings is 2. The van der Waals surface area contributed by atoms with Crippen LogP contribution in [-0.4, -0.2) is 17.1 Å². The molecule has 0 aliphatic carbocycles. The van der Waals surface area contributed by atoms with Crippen molar-refractivity contribution in [1.29, 1.82) is 0 Å². The zero-order chi connectivity index (χ0) is 18.5. The van der Waals surface area contributed by atoms with Crippen molar-refractivity contribution >= 4 is 34.7 Å². The fourth-order valence-electron chi connectivity index (χ4n) is 2.61. The van der Waals surface area contributed by atoms with Crippen LogP contribution >= 0.6 is 11.6 Å². The van der Waals surface area contributed by atoms with Gasteiger partial charge in [0, 0.05) is 17.6 Å². The lowest BCUT2D eigenvalue weighted by Gasteiger charge is -2.14. The summed E-state index contributed by atoms with van der Waals surface area (Å²) < 4.78 is 5.17. The average Bonchev–Trinajstić information content (AvgIpc) is 2.62. The number of rotatable bonds is 6. The molecule has 0 aliphatic rings. The standard InChI is InChI=1S/C20H21ClN4O/c1-13(2)15-6-4-5-7-17(15)24-19-10-11-22-20(25-19)23-14-8-9-18(26-3)16(21)12-14/h4-13H,1-3H3,(H2,22,23,24,25). The number of methoxy groups -OCH3 is 1. The van der Waals surface area contributed by atoms with E-state index in [-0.39, 0.29) is 0 Å². The van der Waals surface area contributed by atoms with Crippen molar-refractivity contribution in [1.82, 2.24) is 9.97 Å². The van der Waals surface area contributed by atoms with Crippen molar-refractivity contribution in [2.75, 3.05) is 17.7 Å². The van der Waals surface area contributed by atoms with E-state index in [4.69, 9.17) is 16.3 Å². The van der Waals surface area contributed by atoms with E-state index in [1.54, 1.807) is 25.4 Å². The van der Waals surface area contributed by atoms with E-state index in [9.17, 15) is 0 Å². The number of ether oxygens (including phenoxy) is 1. The summed E-state index contributed by atoms with van der Waals surface area (Å²) in [6, 6.07) is 15.5. The Bertz CT molecular complexity index is 898. The maximum absolute atomic E-state index is 6.16. The predicted octanol–water partition coefficient (Wildman–Crippen LogP) is 5.75. The van der Waals surface area contributed by atoms with Crippen molar-refractivity contribution in [2.45, 2.75) is 19.8 Å². The maximum atomic E-state index is 6.16. The SMILES string of the molecule is COc1ccc(Nc2nccc(Nc3ccccc3C(C)C)n2)cc1Cl. The lowest BCUT2D eigenvalue weighted by Crippen LogP contribution is -2.02. The number of hydrogen-bond donors (Lipinski definition) is 2. The molecule has 3 rings (SSSR count). The van der Waals surface area contributed by atoms with Gasteiger partial charge in [0.15, 0.2) is 0 Å². The Hall–Kier alpha value is -2.79. The smallest absolute Gasteiger partial charge is 0.229 e. The van der Waals surface area contributed by atoms with Gasteiger partial charge in [-0.1, -0.05) is 43.6 Å². The Morgan fingerprint density at radius 3 is 2.58 bits per heavy atom. The van der Waals surface area contributed by atoms with Gasteiger partial charge in [-0.05, 0) is 41.8 Å². The molecular weight excluding hydrogens is 348 g/mol. The Morgan fingerprint density at radius 2 is 1.85 bits per heavy atom. The highest BCUT2D eigenvalue weighted by atomic mass is 35.5. The van der Waals surface area contributed by atoms with Crippen molar-refractivity contribution in [3.05, 3.63) is 65.3 Å². The molecule has 3 aromatic rings. The topological polar surface area (TPSA) is 59.1 Å². The molecule has 2 aromatic carbocycles. The predicted molar refractivity (Wildman–Crippen MR) is 107 cm³/mol. The number of halogens is 1. The van der Waals surface area contributed by atoms with Crippen molar-refractivity contribution in [2.24, 2.45) is 0 Å². The number of nitrogens with zero attached hydrogens (tertiary/aromatic N) is 2. The van der Waals surface area contributed by atoms with E-state index in [0.717, 1.165) is 17.2 Å². The van der Waals surface area contributed by atoms with Crippen molar-refractivity contribution < 1.29 is 4.74 Å². The molecule has 0 radical (unpaired) electrons. The van der Waals surface area contributed by atoms with Gasteiger partial charge in [-0.3, -0.25) is 0 Å². The zero-order valence-electron chi connectivity index (χ0n) is 15.0. The van der Waals surface area contributed by atoms with Crippen LogP contribution in [0, 0.1) is 0 Å². The molecule has 0 atom stereocenters. The van der Waals surface area contributed by atoms with Crippen LogP contribution in [0.25, 0.3) is 0 Å². The third-order valence-corrected chi connectivity index (χ3v) is 4.20. The first kappa shape index (κ1) is 18.0. The van der Waals surface area contributed by atoms with E-state index in [2.05, 4.69) is 40.5 Å². The summed E-state index contributed by atoms with van der Waals surface area (Å²) in [4.78, 5) is 8.80. The molecule has 0 aliphatic heterocycles. The van der Waals surface area contributed by atoms with Crippen LogP contribution in [0.2, 0.25) is 5.02 Å². The molecule has 0 unspecified atom stereocenters. The molecule has 0 saturated heterocycles. The summed E-state index contributed by atoms with van der Waals surface area (Å²) in [6.45, 7) is 4.34. The Morgan fingerprint density at radius 1 is 1.04 bits per heavy atom. The highest BCUT2D eigenvalue weighted by Crippen LogP contribution is 2.29. The first-order chi connectivity index (χ1) is 12.6. The third kappa shape index (κ3) is 4.24. The summed E-state index contributed by atoms with van der Waals surface area (Å²) in [6.07, 6.45) is 1.71. The molecule has 5 nitrogen and oxygen atoms in total. The molecule has 2 N–H and O–H groups in total. The van der Waals surface area contributed by atoms with Gasteiger partial charge in [0.1, 0.15) is 11.6 Å². The third-order valence-electron chi connectivity index (χ3n) is 3.91. The van der Waals surface area contributed by atoms with Gasteiger partial charge < -0.3 is 15.4 Å².